The molecule has 5 heteroatoms. The molecular weight excluding hydrogens is 284 g/mol. The summed E-state index contributed by atoms with van der Waals surface area (Å²) in [4.78, 5) is 15.7. The maximum atomic E-state index is 11.5. The summed E-state index contributed by atoms with van der Waals surface area (Å²) in [6.07, 6.45) is 1.43. The first-order valence-corrected chi connectivity index (χ1v) is 5.76. The minimum Gasteiger partial charge on any atom is -0.465 e. The molecule has 0 atom stereocenters. The molecule has 0 unspecified atom stereocenters. The molecular formula is C12H11BrN2O2. The minimum atomic E-state index is -0.477. The molecule has 0 aliphatic carbocycles. The van der Waals surface area contributed by atoms with Gasteiger partial charge in [-0.05, 0) is 40.5 Å². The van der Waals surface area contributed by atoms with Gasteiger partial charge in [-0.2, -0.15) is 0 Å². The topological polar surface area (TPSA) is 65.2 Å². The molecule has 0 aliphatic rings. The average Bonchev–Trinajstić information content (AvgIpc) is 2.29. The lowest BCUT2D eigenvalue weighted by Crippen LogP contribution is -2.07. The number of anilines is 1. The van der Waals surface area contributed by atoms with E-state index in [-0.39, 0.29) is 5.56 Å². The smallest absolute Gasteiger partial charge is 0.341 e. The van der Waals surface area contributed by atoms with E-state index in [1.165, 1.54) is 13.3 Å². The molecule has 0 radical (unpaired) electrons. The fourth-order valence-electron chi connectivity index (χ4n) is 1.69. The van der Waals surface area contributed by atoms with Crippen LogP contribution in [0, 0.1) is 6.92 Å². The summed E-state index contributed by atoms with van der Waals surface area (Å²) in [5.41, 5.74) is 8.43. The van der Waals surface area contributed by atoms with E-state index in [2.05, 4.69) is 25.7 Å². The number of nitrogen functional groups attached to an aromatic ring is 1. The van der Waals surface area contributed by atoms with Gasteiger partial charge < -0.3 is 10.5 Å². The molecule has 0 spiro atoms. The third-order valence-electron chi connectivity index (χ3n) is 2.52. The highest BCUT2D eigenvalue weighted by Gasteiger charge is 2.14. The monoisotopic (exact) mass is 294 g/mol. The van der Waals surface area contributed by atoms with Crippen molar-refractivity contribution in [3.63, 3.8) is 0 Å². The molecule has 0 bridgehead atoms. The zero-order valence-electron chi connectivity index (χ0n) is 9.45. The SMILES string of the molecule is COC(=O)c1cnc2c(Br)cc(C)cc2c1N. The normalized spacial score (nSPS) is 10.5. The van der Waals surface area contributed by atoms with Crippen LogP contribution >= 0.6 is 15.9 Å². The lowest BCUT2D eigenvalue weighted by molar-refractivity contribution is 0.0601. The number of methoxy groups -OCH3 is 1. The van der Waals surface area contributed by atoms with Gasteiger partial charge in [0.25, 0.3) is 0 Å². The van der Waals surface area contributed by atoms with E-state index in [1.807, 2.05) is 19.1 Å². The summed E-state index contributed by atoms with van der Waals surface area (Å²) in [6, 6.07) is 3.85. The molecule has 2 N–H and O–H groups in total. The fraction of sp³-hybridized carbons (Fsp3) is 0.167. The lowest BCUT2D eigenvalue weighted by atomic mass is 10.1. The number of ether oxygens (including phenoxy) is 1. The Bertz CT molecular complexity index is 611. The third kappa shape index (κ3) is 1.98. The maximum absolute atomic E-state index is 11.5. The Balaban J connectivity index is 2.79. The molecule has 0 saturated carbocycles. The highest BCUT2D eigenvalue weighted by atomic mass is 79.9. The van der Waals surface area contributed by atoms with Crippen LogP contribution in [0.2, 0.25) is 0 Å². The Hall–Kier alpha value is -1.62. The summed E-state index contributed by atoms with van der Waals surface area (Å²) in [6.45, 7) is 1.95. The zero-order chi connectivity index (χ0) is 12.6. The van der Waals surface area contributed by atoms with E-state index in [9.17, 15) is 4.79 Å². The molecule has 17 heavy (non-hydrogen) atoms. The number of nitrogens with zero attached hydrogens (tertiary/aromatic N) is 1. The molecule has 0 saturated heterocycles. The predicted octanol–water partition coefficient (Wildman–Crippen LogP) is 2.67. The summed E-state index contributed by atoms with van der Waals surface area (Å²) in [5.74, 6) is -0.477. The number of aryl methyl sites for hydroxylation is 1. The first-order chi connectivity index (χ1) is 8.04. The van der Waals surface area contributed by atoms with Gasteiger partial charge in [0.1, 0.15) is 5.56 Å². The van der Waals surface area contributed by atoms with E-state index in [0.29, 0.717) is 5.69 Å². The van der Waals surface area contributed by atoms with E-state index in [0.717, 1.165) is 20.9 Å². The summed E-state index contributed by atoms with van der Waals surface area (Å²) >= 11 is 3.43. The molecule has 88 valence electrons. The molecule has 1 aromatic heterocycles. The largest absolute Gasteiger partial charge is 0.465 e. The number of hydrogen-bond acceptors (Lipinski definition) is 4. The van der Waals surface area contributed by atoms with Crippen molar-refractivity contribution >= 4 is 38.5 Å². The van der Waals surface area contributed by atoms with Gasteiger partial charge in [-0.25, -0.2) is 4.79 Å². The first kappa shape index (κ1) is 11.9. The molecule has 1 heterocycles. The van der Waals surface area contributed by atoms with Crippen LogP contribution in [-0.4, -0.2) is 18.1 Å². The van der Waals surface area contributed by atoms with Crippen LogP contribution in [0.5, 0.6) is 0 Å². The third-order valence-corrected chi connectivity index (χ3v) is 3.12. The van der Waals surface area contributed by atoms with Crippen LogP contribution in [0.3, 0.4) is 0 Å². The minimum absolute atomic E-state index is 0.289. The van der Waals surface area contributed by atoms with Crippen molar-refractivity contribution in [3.8, 4) is 0 Å². The van der Waals surface area contributed by atoms with Crippen molar-refractivity contribution in [1.29, 1.82) is 0 Å². The molecule has 4 nitrogen and oxygen atoms in total. The molecule has 0 fully saturated rings. The Morgan fingerprint density at radius 2 is 2.18 bits per heavy atom. The Morgan fingerprint density at radius 3 is 2.82 bits per heavy atom. The van der Waals surface area contributed by atoms with Crippen LogP contribution in [0.15, 0.2) is 22.8 Å². The van der Waals surface area contributed by atoms with Crippen molar-refractivity contribution in [2.45, 2.75) is 6.92 Å². The van der Waals surface area contributed by atoms with Gasteiger partial charge in [0.15, 0.2) is 0 Å². The number of esters is 1. The lowest BCUT2D eigenvalue weighted by Gasteiger charge is -2.08. The van der Waals surface area contributed by atoms with Crippen LogP contribution < -0.4 is 5.73 Å². The Labute approximate surface area is 107 Å². The second-order valence-electron chi connectivity index (χ2n) is 3.72. The Morgan fingerprint density at radius 1 is 1.47 bits per heavy atom. The second kappa shape index (κ2) is 4.33. The molecule has 0 aliphatic heterocycles. The number of carbonyl (C=O) groups excluding carboxylic acids is 1. The number of rotatable bonds is 1. The van der Waals surface area contributed by atoms with Gasteiger partial charge in [0.2, 0.25) is 0 Å². The summed E-state index contributed by atoms with van der Waals surface area (Å²) in [5, 5.41) is 0.750. The highest BCUT2D eigenvalue weighted by Crippen LogP contribution is 2.30. The number of aromatic nitrogens is 1. The number of carbonyl (C=O) groups is 1. The van der Waals surface area contributed by atoms with Gasteiger partial charge in [0, 0.05) is 16.1 Å². The zero-order valence-corrected chi connectivity index (χ0v) is 11.0. The molecule has 0 amide bonds. The number of benzene rings is 1. The van der Waals surface area contributed by atoms with Crippen LogP contribution in [0.4, 0.5) is 5.69 Å². The van der Waals surface area contributed by atoms with Crippen LogP contribution in [0.25, 0.3) is 10.9 Å². The highest BCUT2D eigenvalue weighted by molar-refractivity contribution is 9.10. The van der Waals surface area contributed by atoms with Gasteiger partial charge in [-0.15, -0.1) is 0 Å². The van der Waals surface area contributed by atoms with Gasteiger partial charge in [-0.1, -0.05) is 0 Å². The number of fused-ring (bicyclic) bond motifs is 1. The fourth-order valence-corrected chi connectivity index (χ4v) is 2.36. The molecule has 2 rings (SSSR count). The first-order valence-electron chi connectivity index (χ1n) is 4.97. The van der Waals surface area contributed by atoms with Crippen molar-refractivity contribution < 1.29 is 9.53 Å². The van der Waals surface area contributed by atoms with E-state index < -0.39 is 5.97 Å². The summed E-state index contributed by atoms with van der Waals surface area (Å²) in [7, 11) is 1.32. The standard InChI is InChI=1S/C12H11BrN2O2/c1-6-3-7-10(14)8(12(16)17-2)5-15-11(7)9(13)4-6/h3-5H,1-2H3,(H2,14,15). The van der Waals surface area contributed by atoms with Crippen molar-refractivity contribution in [3.05, 3.63) is 33.9 Å². The van der Waals surface area contributed by atoms with Gasteiger partial charge >= 0.3 is 5.97 Å². The second-order valence-corrected chi connectivity index (χ2v) is 4.57. The quantitative estimate of drug-likeness (QED) is 0.821. The molecule has 2 aromatic rings. The van der Waals surface area contributed by atoms with Gasteiger partial charge in [-0.3, -0.25) is 4.98 Å². The van der Waals surface area contributed by atoms with Crippen molar-refractivity contribution in [1.82, 2.24) is 4.98 Å². The van der Waals surface area contributed by atoms with Crippen LogP contribution in [0.1, 0.15) is 15.9 Å². The summed E-state index contributed by atoms with van der Waals surface area (Å²) < 4.78 is 5.51. The maximum Gasteiger partial charge on any atom is 0.341 e. The van der Waals surface area contributed by atoms with E-state index >= 15 is 0 Å². The molecule has 1 aromatic carbocycles. The average molecular weight is 295 g/mol. The number of nitrogens with two attached hydrogens (primary N) is 1. The predicted molar refractivity (Wildman–Crippen MR) is 69.9 cm³/mol. The number of pyridine rings is 1. The number of hydrogen-bond donors (Lipinski definition) is 1. The Kier molecular flexibility index (Phi) is 3.02. The van der Waals surface area contributed by atoms with Crippen molar-refractivity contribution in [2.75, 3.05) is 12.8 Å². The number of halogens is 1. The van der Waals surface area contributed by atoms with Crippen LogP contribution in [-0.2, 0) is 4.74 Å². The van der Waals surface area contributed by atoms with E-state index in [1.54, 1.807) is 0 Å². The van der Waals surface area contributed by atoms with E-state index in [4.69, 9.17) is 5.73 Å². The van der Waals surface area contributed by atoms with Crippen molar-refractivity contribution in [2.24, 2.45) is 0 Å². The van der Waals surface area contributed by atoms with Gasteiger partial charge in [0.05, 0.1) is 18.3 Å².